The molecule has 8 heteroatoms. The van der Waals surface area contributed by atoms with Gasteiger partial charge in [-0.15, -0.1) is 0 Å². The number of benzene rings is 4. The fourth-order valence-corrected chi connectivity index (χ4v) is 5.17. The van der Waals surface area contributed by atoms with Crippen LogP contribution in [0.15, 0.2) is 89.8 Å². The second-order valence-corrected chi connectivity index (χ2v) is 9.92. The lowest BCUT2D eigenvalue weighted by Gasteiger charge is -2.14. The van der Waals surface area contributed by atoms with E-state index in [0.717, 1.165) is 39.4 Å². The van der Waals surface area contributed by atoms with E-state index in [1.165, 1.54) is 4.90 Å². The van der Waals surface area contributed by atoms with Crippen LogP contribution in [-0.2, 0) is 11.4 Å². The van der Waals surface area contributed by atoms with Crippen LogP contribution in [0.3, 0.4) is 0 Å². The van der Waals surface area contributed by atoms with E-state index < -0.39 is 0 Å². The molecule has 1 aliphatic heterocycles. The summed E-state index contributed by atoms with van der Waals surface area (Å²) in [5.74, 6) is 1.45. The predicted molar refractivity (Wildman–Crippen MR) is 151 cm³/mol. The van der Waals surface area contributed by atoms with Gasteiger partial charge in [0.2, 0.25) is 0 Å². The molecule has 2 amide bonds. The molecule has 6 nitrogen and oxygen atoms in total. The third kappa shape index (κ3) is 5.79. The topological polar surface area (TPSA) is 65.1 Å². The lowest BCUT2D eigenvalue weighted by Crippen LogP contribution is -2.32. The number of methoxy groups -OCH3 is 1. The van der Waals surface area contributed by atoms with Crippen molar-refractivity contribution in [1.29, 1.82) is 0 Å². The summed E-state index contributed by atoms with van der Waals surface area (Å²) in [6, 6.07) is 26.5. The molecule has 1 fully saturated rings. The molecular weight excluding hydrogens is 522 g/mol. The summed E-state index contributed by atoms with van der Waals surface area (Å²) in [7, 11) is 1.55. The van der Waals surface area contributed by atoms with E-state index in [0.29, 0.717) is 28.0 Å². The summed E-state index contributed by atoms with van der Waals surface area (Å²) in [4.78, 5) is 27.1. The van der Waals surface area contributed by atoms with E-state index in [4.69, 9.17) is 25.8 Å². The number of nitrogens with zero attached hydrogens (tertiary/aromatic N) is 1. The molecule has 1 aliphatic rings. The summed E-state index contributed by atoms with van der Waals surface area (Å²) in [5, 5.41) is 2.37. The van der Waals surface area contributed by atoms with Gasteiger partial charge >= 0.3 is 0 Å². The van der Waals surface area contributed by atoms with Crippen molar-refractivity contribution in [3.8, 4) is 17.2 Å². The van der Waals surface area contributed by atoms with Crippen LogP contribution in [0.5, 0.6) is 17.2 Å². The van der Waals surface area contributed by atoms with Crippen LogP contribution in [0.25, 0.3) is 16.8 Å². The minimum Gasteiger partial charge on any atom is -0.493 e. The lowest BCUT2D eigenvalue weighted by molar-refractivity contribution is -0.123. The third-order valence-corrected chi connectivity index (χ3v) is 7.11. The number of carbonyl (C=O) groups is 2. The van der Waals surface area contributed by atoms with Gasteiger partial charge in [-0.05, 0) is 64.7 Å². The molecule has 0 aliphatic carbocycles. The number of hydrogen-bond donors (Lipinski definition) is 0. The van der Waals surface area contributed by atoms with Gasteiger partial charge in [0, 0.05) is 10.4 Å². The van der Waals surface area contributed by atoms with Gasteiger partial charge in [-0.2, -0.15) is 0 Å². The number of hydrogen-bond acceptors (Lipinski definition) is 6. The van der Waals surface area contributed by atoms with Crippen LogP contribution >= 0.6 is 23.4 Å². The molecule has 0 atom stereocenters. The minimum atomic E-state index is -0.346. The lowest BCUT2D eigenvalue weighted by atomic mass is 10.1. The number of fused-ring (bicyclic) bond motifs is 1. The highest BCUT2D eigenvalue weighted by molar-refractivity contribution is 8.18. The summed E-state index contributed by atoms with van der Waals surface area (Å²) < 4.78 is 17.3. The molecule has 0 aromatic heterocycles. The maximum Gasteiger partial charge on any atom is 0.293 e. The largest absolute Gasteiger partial charge is 0.493 e. The minimum absolute atomic E-state index is 0.158. The van der Waals surface area contributed by atoms with E-state index in [1.54, 1.807) is 31.4 Å². The van der Waals surface area contributed by atoms with Crippen molar-refractivity contribution in [2.45, 2.75) is 6.61 Å². The first kappa shape index (κ1) is 25.7. The molecule has 0 saturated carbocycles. The number of carbonyl (C=O) groups excluding carboxylic acids is 2. The van der Waals surface area contributed by atoms with Crippen molar-refractivity contribution in [3.63, 3.8) is 0 Å². The average molecular weight is 546 g/mol. The van der Waals surface area contributed by atoms with Crippen molar-refractivity contribution in [3.05, 3.63) is 106 Å². The maximum absolute atomic E-state index is 13.0. The van der Waals surface area contributed by atoms with Gasteiger partial charge in [-0.1, -0.05) is 66.2 Å². The SMILES string of the molecule is COc1cc(/C=C2\SC(=O)N(CCOc3cccc4ccccc34)C2=O)ccc1OCc1cccc(Cl)c1. The van der Waals surface area contributed by atoms with Gasteiger partial charge in [0.05, 0.1) is 18.6 Å². The second-order valence-electron chi connectivity index (χ2n) is 8.49. The summed E-state index contributed by atoms with van der Waals surface area (Å²) >= 11 is 6.96. The molecule has 0 spiro atoms. The van der Waals surface area contributed by atoms with Crippen LogP contribution in [-0.4, -0.2) is 36.3 Å². The number of ether oxygens (including phenoxy) is 3. The quantitative estimate of drug-likeness (QED) is 0.207. The van der Waals surface area contributed by atoms with E-state index in [9.17, 15) is 9.59 Å². The molecule has 1 heterocycles. The molecule has 1 saturated heterocycles. The van der Waals surface area contributed by atoms with Crippen molar-refractivity contribution < 1.29 is 23.8 Å². The van der Waals surface area contributed by atoms with Crippen LogP contribution < -0.4 is 14.2 Å². The highest BCUT2D eigenvalue weighted by Crippen LogP contribution is 2.35. The third-order valence-electron chi connectivity index (χ3n) is 5.96. The highest BCUT2D eigenvalue weighted by Gasteiger charge is 2.34. The van der Waals surface area contributed by atoms with Crippen molar-refractivity contribution in [1.82, 2.24) is 4.90 Å². The first-order valence-electron chi connectivity index (χ1n) is 11.9. The van der Waals surface area contributed by atoms with E-state index in [-0.39, 0.29) is 24.3 Å². The van der Waals surface area contributed by atoms with Crippen molar-refractivity contribution in [2.24, 2.45) is 0 Å². The Morgan fingerprint density at radius 2 is 1.68 bits per heavy atom. The van der Waals surface area contributed by atoms with Gasteiger partial charge in [0.15, 0.2) is 11.5 Å². The van der Waals surface area contributed by atoms with Crippen LogP contribution in [0.2, 0.25) is 5.02 Å². The molecule has 0 unspecified atom stereocenters. The summed E-state index contributed by atoms with van der Waals surface area (Å²) in [6.45, 7) is 0.687. The Bertz CT molecular complexity index is 1530. The van der Waals surface area contributed by atoms with Gasteiger partial charge in [-0.3, -0.25) is 14.5 Å². The Morgan fingerprint density at radius 3 is 2.53 bits per heavy atom. The molecule has 4 aromatic rings. The van der Waals surface area contributed by atoms with Crippen LogP contribution in [0, 0.1) is 0 Å². The van der Waals surface area contributed by atoms with E-state index in [2.05, 4.69) is 0 Å². The summed E-state index contributed by atoms with van der Waals surface area (Å²) in [6.07, 6.45) is 1.68. The molecule has 192 valence electrons. The molecule has 5 rings (SSSR count). The van der Waals surface area contributed by atoms with Crippen molar-refractivity contribution in [2.75, 3.05) is 20.3 Å². The van der Waals surface area contributed by atoms with E-state index in [1.807, 2.05) is 66.7 Å². The fourth-order valence-electron chi connectivity index (χ4n) is 4.09. The van der Waals surface area contributed by atoms with Crippen molar-refractivity contribution >= 4 is 51.4 Å². The van der Waals surface area contributed by atoms with E-state index >= 15 is 0 Å². The maximum atomic E-state index is 13.0. The molecule has 0 radical (unpaired) electrons. The zero-order valence-electron chi connectivity index (χ0n) is 20.6. The molecule has 0 bridgehead atoms. The second kappa shape index (κ2) is 11.6. The summed E-state index contributed by atoms with van der Waals surface area (Å²) in [5.41, 5.74) is 1.65. The molecule has 4 aromatic carbocycles. The first-order chi connectivity index (χ1) is 18.5. The Kier molecular flexibility index (Phi) is 7.86. The highest BCUT2D eigenvalue weighted by atomic mass is 35.5. The molecule has 0 N–H and O–H groups in total. The Morgan fingerprint density at radius 1 is 0.868 bits per heavy atom. The number of amides is 2. The number of rotatable bonds is 9. The molecular formula is C30H24ClNO5S. The normalized spacial score (nSPS) is 14.4. The van der Waals surface area contributed by atoms with Gasteiger partial charge in [-0.25, -0.2) is 0 Å². The fraction of sp³-hybridized carbons (Fsp3) is 0.133. The van der Waals surface area contributed by atoms with Crippen LogP contribution in [0.1, 0.15) is 11.1 Å². The standard InChI is InChI=1S/C30H24ClNO5S/c1-35-27-17-20(12-13-26(27)37-19-21-6-4-9-23(31)16-21)18-28-29(33)32(30(34)38-28)14-15-36-25-11-5-8-22-7-2-3-10-24(22)25/h2-13,16-18H,14-15,19H2,1H3/b28-18-. The Hall–Kier alpha value is -3.94. The van der Waals surface area contributed by atoms with Crippen LogP contribution in [0.4, 0.5) is 4.79 Å². The zero-order valence-corrected chi connectivity index (χ0v) is 22.1. The van der Waals surface area contributed by atoms with Gasteiger partial charge in [0.1, 0.15) is 19.0 Å². The Labute approximate surface area is 229 Å². The smallest absolute Gasteiger partial charge is 0.293 e. The monoisotopic (exact) mass is 545 g/mol. The first-order valence-corrected chi connectivity index (χ1v) is 13.1. The number of imide groups is 1. The van der Waals surface area contributed by atoms with Gasteiger partial charge < -0.3 is 14.2 Å². The predicted octanol–water partition coefficient (Wildman–Crippen LogP) is 7.20. The zero-order chi connectivity index (χ0) is 26.5. The van der Waals surface area contributed by atoms with Gasteiger partial charge in [0.25, 0.3) is 11.1 Å². The number of thioether (sulfide) groups is 1. The molecule has 38 heavy (non-hydrogen) atoms. The average Bonchev–Trinajstić information content (AvgIpc) is 3.19. The Balaban J connectivity index is 1.23. The number of halogens is 1.